The summed E-state index contributed by atoms with van der Waals surface area (Å²) in [5.74, 6) is -0.572. The van der Waals surface area contributed by atoms with E-state index < -0.39 is 17.5 Å². The van der Waals surface area contributed by atoms with Crippen molar-refractivity contribution in [3.8, 4) is 0 Å². The third kappa shape index (κ3) is 11.4. The molecule has 2 rings (SSSR count). The average Bonchev–Trinajstić information content (AvgIpc) is 3.50. The van der Waals surface area contributed by atoms with Crippen LogP contribution in [0.15, 0.2) is 11.6 Å². The van der Waals surface area contributed by atoms with E-state index in [0.29, 0.717) is 31.7 Å². The normalized spacial score (nSPS) is 21.0. The molecule has 0 radical (unpaired) electrons. The Morgan fingerprint density at radius 3 is 2.20 bits per heavy atom. The quantitative estimate of drug-likeness (QED) is 0.188. The Kier molecular flexibility index (Phi) is 16.2. The number of hydrogen-bond acceptors (Lipinski definition) is 6. The van der Waals surface area contributed by atoms with Crippen LogP contribution in [0.2, 0.25) is 0 Å². The van der Waals surface area contributed by atoms with Crippen LogP contribution in [0.25, 0.3) is 0 Å². The van der Waals surface area contributed by atoms with Gasteiger partial charge in [0.05, 0.1) is 12.1 Å². The van der Waals surface area contributed by atoms with Crippen molar-refractivity contribution < 1.29 is 23.9 Å². The summed E-state index contributed by atoms with van der Waals surface area (Å²) in [6.45, 7) is 21.3. The third-order valence-electron chi connectivity index (χ3n) is 9.37. The van der Waals surface area contributed by atoms with Gasteiger partial charge in [0, 0.05) is 45.0 Å². The summed E-state index contributed by atoms with van der Waals surface area (Å²) in [5, 5.41) is 6.12. The van der Waals surface area contributed by atoms with Gasteiger partial charge in [-0.1, -0.05) is 60.5 Å². The Labute approximate surface area is 279 Å². The van der Waals surface area contributed by atoms with E-state index in [1.807, 2.05) is 40.7 Å². The van der Waals surface area contributed by atoms with Crippen LogP contribution in [0.3, 0.4) is 0 Å². The van der Waals surface area contributed by atoms with Crippen molar-refractivity contribution in [2.75, 3.05) is 39.9 Å². The van der Waals surface area contributed by atoms with E-state index >= 15 is 0 Å². The number of carbonyl (C=O) groups is 4. The van der Waals surface area contributed by atoms with Gasteiger partial charge in [-0.05, 0) is 77.2 Å². The lowest BCUT2D eigenvalue weighted by Gasteiger charge is -2.41. The van der Waals surface area contributed by atoms with E-state index in [4.69, 9.17) is 4.74 Å². The highest BCUT2D eigenvalue weighted by Crippen LogP contribution is 2.27. The molecule has 0 aromatic heterocycles. The molecule has 2 saturated heterocycles. The molecule has 1 unspecified atom stereocenters. The number of rotatable bonds is 16. The van der Waals surface area contributed by atoms with Gasteiger partial charge in [0.2, 0.25) is 23.6 Å². The number of likely N-dealkylation sites (tertiary alicyclic amines) is 2. The first-order chi connectivity index (χ1) is 21.6. The molecule has 0 aliphatic carbocycles. The molecule has 2 aliphatic heterocycles. The van der Waals surface area contributed by atoms with Gasteiger partial charge in [-0.25, -0.2) is 0 Å². The molecule has 4 atom stereocenters. The Bertz CT molecular complexity index is 1040. The molecular formula is C36H65N5O5. The maximum absolute atomic E-state index is 14.1. The predicted molar refractivity (Wildman–Crippen MR) is 184 cm³/mol. The van der Waals surface area contributed by atoms with E-state index in [0.717, 1.165) is 58.1 Å². The number of nitrogens with one attached hydrogen (secondary N) is 2. The average molecular weight is 648 g/mol. The van der Waals surface area contributed by atoms with Crippen LogP contribution in [0.4, 0.5) is 0 Å². The molecule has 0 spiro atoms. The number of nitrogens with zero attached hydrogens (tertiary/aromatic N) is 3. The van der Waals surface area contributed by atoms with Crippen molar-refractivity contribution >= 4 is 23.6 Å². The van der Waals surface area contributed by atoms with Crippen LogP contribution >= 0.6 is 0 Å². The van der Waals surface area contributed by atoms with Gasteiger partial charge in [-0.15, -0.1) is 0 Å². The first-order valence-corrected chi connectivity index (χ1v) is 17.8. The van der Waals surface area contributed by atoms with Crippen molar-refractivity contribution in [2.45, 2.75) is 144 Å². The summed E-state index contributed by atoms with van der Waals surface area (Å²) in [7, 11) is 1.76. The van der Waals surface area contributed by atoms with Gasteiger partial charge in [-0.2, -0.15) is 0 Å². The zero-order chi connectivity index (χ0) is 34.6. The molecule has 2 fully saturated rings. The molecular weight excluding hydrogens is 582 g/mol. The van der Waals surface area contributed by atoms with Crippen molar-refractivity contribution in [1.29, 1.82) is 0 Å². The Balaban J connectivity index is 2.13. The van der Waals surface area contributed by atoms with E-state index in [-0.39, 0.29) is 47.7 Å². The number of ether oxygens (including phenoxy) is 1. The summed E-state index contributed by atoms with van der Waals surface area (Å²) in [5.41, 5.74) is -0.0138. The maximum atomic E-state index is 14.1. The molecule has 0 saturated carbocycles. The molecule has 2 aliphatic rings. The van der Waals surface area contributed by atoms with Gasteiger partial charge in [0.25, 0.3) is 0 Å². The van der Waals surface area contributed by atoms with Crippen molar-refractivity contribution in [1.82, 2.24) is 25.3 Å². The van der Waals surface area contributed by atoms with E-state index in [1.165, 1.54) is 0 Å². The summed E-state index contributed by atoms with van der Waals surface area (Å²) in [4.78, 5) is 60.0. The number of unbranched alkanes of at least 4 members (excludes halogenated alkanes) is 1. The van der Waals surface area contributed by atoms with Crippen molar-refractivity contribution in [2.24, 2.45) is 11.3 Å². The predicted octanol–water partition coefficient (Wildman–Crippen LogP) is 4.52. The molecule has 264 valence electrons. The minimum Gasteiger partial charge on any atom is -0.381 e. The zero-order valence-electron chi connectivity index (χ0n) is 30.6. The van der Waals surface area contributed by atoms with Crippen molar-refractivity contribution in [3.05, 3.63) is 11.6 Å². The van der Waals surface area contributed by atoms with Crippen LogP contribution < -0.4 is 10.6 Å². The van der Waals surface area contributed by atoms with Gasteiger partial charge in [-0.3, -0.25) is 24.1 Å². The molecule has 2 N–H and O–H groups in total. The fourth-order valence-electron chi connectivity index (χ4n) is 6.53. The minimum atomic E-state index is -0.727. The lowest BCUT2D eigenvalue weighted by atomic mass is 9.84. The molecule has 0 bridgehead atoms. The van der Waals surface area contributed by atoms with E-state index in [9.17, 15) is 19.2 Å². The fraction of sp³-hybridized carbons (Fsp3) is 0.833. The highest BCUT2D eigenvalue weighted by Gasteiger charge is 2.40. The van der Waals surface area contributed by atoms with Crippen LogP contribution in [0, 0.1) is 11.3 Å². The molecule has 2 heterocycles. The number of amides is 4. The van der Waals surface area contributed by atoms with E-state index in [2.05, 4.69) is 36.3 Å². The van der Waals surface area contributed by atoms with Gasteiger partial charge < -0.3 is 25.2 Å². The second kappa shape index (κ2) is 18.8. The molecule has 0 aromatic carbocycles. The summed E-state index contributed by atoms with van der Waals surface area (Å²) in [6.07, 6.45) is 8.97. The standard InChI is InChI=1S/C36H65N5O5/c1-11-12-22-46-23-16-19-37-32(42)28-18-15-21-41(28)34(44)27(6)24-30(25(2)3)39(10)35(45)31(36(7,8)9)38-33(43)29-17-13-14-20-40(29)26(4)5/h24-26,28-31H,11-23H2,1-10H3,(H,37,42)(H,38,43)/b27-24+/t28-,29?,30+,31+/m0/s1. The highest BCUT2D eigenvalue weighted by molar-refractivity contribution is 5.97. The summed E-state index contributed by atoms with van der Waals surface area (Å²) < 4.78 is 5.58. The second-order valence-electron chi connectivity index (χ2n) is 15.0. The lowest BCUT2D eigenvalue weighted by molar-refractivity contribution is -0.142. The third-order valence-corrected chi connectivity index (χ3v) is 9.37. The van der Waals surface area contributed by atoms with Crippen LogP contribution in [-0.4, -0.2) is 108 Å². The largest absolute Gasteiger partial charge is 0.381 e. The first-order valence-electron chi connectivity index (χ1n) is 17.8. The molecule has 46 heavy (non-hydrogen) atoms. The monoisotopic (exact) mass is 647 g/mol. The number of hydrogen-bond donors (Lipinski definition) is 2. The van der Waals surface area contributed by atoms with Crippen LogP contribution in [0.5, 0.6) is 0 Å². The first kappa shape index (κ1) is 39.7. The Morgan fingerprint density at radius 2 is 1.59 bits per heavy atom. The summed E-state index contributed by atoms with van der Waals surface area (Å²) >= 11 is 0. The fourth-order valence-corrected chi connectivity index (χ4v) is 6.53. The molecule has 4 amide bonds. The summed E-state index contributed by atoms with van der Waals surface area (Å²) in [6, 6.07) is -1.60. The Hall–Kier alpha value is -2.46. The van der Waals surface area contributed by atoms with E-state index in [1.54, 1.807) is 23.8 Å². The lowest BCUT2D eigenvalue weighted by Crippen LogP contribution is -2.60. The topological polar surface area (TPSA) is 111 Å². The SMILES string of the molecule is CCCCOCCCNC(=O)[C@@H]1CCCN1C(=O)/C(C)=C/[C@H](C(C)C)N(C)C(=O)[C@@H](NC(=O)C1CCCCN1C(C)C)C(C)(C)C. The zero-order valence-corrected chi connectivity index (χ0v) is 30.6. The molecule has 10 heteroatoms. The van der Waals surface area contributed by atoms with Gasteiger partial charge >= 0.3 is 0 Å². The molecule has 10 nitrogen and oxygen atoms in total. The van der Waals surface area contributed by atoms with Crippen LogP contribution in [-0.2, 0) is 23.9 Å². The van der Waals surface area contributed by atoms with Crippen LogP contribution in [0.1, 0.15) is 114 Å². The number of likely N-dealkylation sites (N-methyl/N-ethyl adjacent to an activating group) is 1. The van der Waals surface area contributed by atoms with Gasteiger partial charge in [0.1, 0.15) is 12.1 Å². The Morgan fingerprint density at radius 1 is 0.935 bits per heavy atom. The number of carbonyl (C=O) groups excluding carboxylic acids is 4. The minimum absolute atomic E-state index is 0.0139. The highest BCUT2D eigenvalue weighted by atomic mass is 16.5. The number of piperidine rings is 1. The molecule has 0 aromatic rings. The smallest absolute Gasteiger partial charge is 0.249 e. The maximum Gasteiger partial charge on any atom is 0.249 e. The second-order valence-corrected chi connectivity index (χ2v) is 15.0. The van der Waals surface area contributed by atoms with Gasteiger partial charge in [0.15, 0.2) is 0 Å². The van der Waals surface area contributed by atoms with Crippen molar-refractivity contribution in [3.63, 3.8) is 0 Å².